The normalized spacial score (nSPS) is 14.1. The van der Waals surface area contributed by atoms with Crippen molar-refractivity contribution in [3.05, 3.63) is 106 Å². The summed E-state index contributed by atoms with van der Waals surface area (Å²) in [5.74, 6) is 6.74. The molecule has 5 aromatic rings. The van der Waals surface area contributed by atoms with Crippen LogP contribution in [0.15, 0.2) is 77.9 Å². The summed E-state index contributed by atoms with van der Waals surface area (Å²) in [5.41, 5.74) is 3.47. The van der Waals surface area contributed by atoms with Crippen molar-refractivity contribution in [3.63, 3.8) is 0 Å². The van der Waals surface area contributed by atoms with Crippen molar-refractivity contribution < 1.29 is 4.79 Å². The molecule has 188 valence electrons. The number of pyridine rings is 1. The Balaban J connectivity index is 1.47. The average Bonchev–Trinajstić information content (AvgIpc) is 3.23. The zero-order valence-electron chi connectivity index (χ0n) is 21.3. The number of para-hydroxylation sites is 1. The number of carbonyl (C=O) groups is 1. The number of benzene rings is 2. The molecular weight excluding hydrogens is 474 g/mol. The van der Waals surface area contributed by atoms with Gasteiger partial charge in [0.05, 0.1) is 17.1 Å². The minimum absolute atomic E-state index is 0.155. The number of aromatic nitrogens is 4. The number of carbonyl (C=O) groups excluding carboxylic acids is 1. The fraction of sp³-hybridized carbons (Fsp3) is 0.226. The summed E-state index contributed by atoms with van der Waals surface area (Å²) in [6.45, 7) is 3.67. The number of nitrogens with one attached hydrogen (secondary N) is 1. The van der Waals surface area contributed by atoms with Crippen LogP contribution in [-0.2, 0) is 0 Å². The topological polar surface area (TPSA) is 81.3 Å². The number of fused-ring (bicyclic) bond motifs is 2. The van der Waals surface area contributed by atoms with E-state index < -0.39 is 6.04 Å². The molecule has 7 nitrogen and oxygen atoms in total. The molecule has 0 bridgehead atoms. The Morgan fingerprint density at radius 1 is 1.11 bits per heavy atom. The predicted molar refractivity (Wildman–Crippen MR) is 147 cm³/mol. The molecule has 1 saturated carbocycles. The molecule has 0 radical (unpaired) electrons. The van der Waals surface area contributed by atoms with E-state index in [9.17, 15) is 9.59 Å². The maximum absolute atomic E-state index is 14.1. The van der Waals surface area contributed by atoms with E-state index in [2.05, 4.69) is 27.2 Å². The molecule has 1 fully saturated rings. The van der Waals surface area contributed by atoms with Gasteiger partial charge in [0, 0.05) is 35.3 Å². The highest BCUT2D eigenvalue weighted by atomic mass is 16.2. The number of rotatable bonds is 4. The van der Waals surface area contributed by atoms with E-state index in [1.54, 1.807) is 34.5 Å². The Morgan fingerprint density at radius 3 is 2.68 bits per heavy atom. The zero-order valence-corrected chi connectivity index (χ0v) is 21.3. The third kappa shape index (κ3) is 4.14. The first-order chi connectivity index (χ1) is 18.5. The van der Waals surface area contributed by atoms with E-state index in [0.29, 0.717) is 33.9 Å². The Morgan fingerprint density at radius 2 is 1.92 bits per heavy atom. The van der Waals surface area contributed by atoms with Crippen LogP contribution in [0.5, 0.6) is 0 Å². The van der Waals surface area contributed by atoms with Crippen molar-refractivity contribution in [2.45, 2.75) is 39.2 Å². The molecule has 1 amide bonds. The molecule has 3 heterocycles. The van der Waals surface area contributed by atoms with Gasteiger partial charge in [0.15, 0.2) is 5.65 Å². The molecule has 1 N–H and O–H groups in total. The lowest BCUT2D eigenvalue weighted by Crippen LogP contribution is -2.32. The van der Waals surface area contributed by atoms with Gasteiger partial charge >= 0.3 is 0 Å². The summed E-state index contributed by atoms with van der Waals surface area (Å²) >= 11 is 0. The lowest BCUT2D eigenvalue weighted by atomic mass is 9.86. The van der Waals surface area contributed by atoms with Crippen molar-refractivity contribution in [1.82, 2.24) is 24.5 Å². The maximum atomic E-state index is 14.1. The second-order valence-corrected chi connectivity index (χ2v) is 9.76. The van der Waals surface area contributed by atoms with Crippen LogP contribution in [0.25, 0.3) is 22.1 Å². The van der Waals surface area contributed by atoms with Gasteiger partial charge in [0.2, 0.25) is 0 Å². The molecule has 1 atom stereocenters. The molecule has 0 saturated heterocycles. The van der Waals surface area contributed by atoms with Gasteiger partial charge in [-0.2, -0.15) is 5.10 Å². The van der Waals surface area contributed by atoms with Crippen LogP contribution in [0.2, 0.25) is 0 Å². The monoisotopic (exact) mass is 501 g/mol. The number of hydrogen-bond donors (Lipinski definition) is 1. The fourth-order valence-corrected chi connectivity index (χ4v) is 4.99. The summed E-state index contributed by atoms with van der Waals surface area (Å²) in [6.07, 6.45) is 6.85. The summed E-state index contributed by atoms with van der Waals surface area (Å²) < 4.78 is 3.28. The van der Waals surface area contributed by atoms with Gasteiger partial charge in [-0.25, -0.2) is 9.50 Å². The van der Waals surface area contributed by atoms with Crippen LogP contribution in [-0.4, -0.2) is 25.1 Å². The molecule has 38 heavy (non-hydrogen) atoms. The smallest absolute Gasteiger partial charge is 0.264 e. The van der Waals surface area contributed by atoms with Crippen LogP contribution >= 0.6 is 0 Å². The molecule has 3 aromatic heterocycles. The maximum Gasteiger partial charge on any atom is 0.264 e. The molecule has 1 aliphatic rings. The first-order valence-corrected chi connectivity index (χ1v) is 12.9. The summed E-state index contributed by atoms with van der Waals surface area (Å²) in [4.78, 5) is 31.9. The van der Waals surface area contributed by atoms with Gasteiger partial charge in [0.25, 0.3) is 11.5 Å². The van der Waals surface area contributed by atoms with Gasteiger partial charge in [0.1, 0.15) is 5.56 Å². The van der Waals surface area contributed by atoms with Crippen LogP contribution in [0.3, 0.4) is 0 Å². The Labute approximate surface area is 220 Å². The Hall–Kier alpha value is -4.70. The van der Waals surface area contributed by atoms with E-state index in [-0.39, 0.29) is 11.5 Å². The molecule has 1 aliphatic carbocycles. The van der Waals surface area contributed by atoms with E-state index in [1.807, 2.05) is 61.5 Å². The standard InChI is InChI=1S/C31H27N5O2/c1-20(33-30(37)27-21(2)34-35-18-8-17-32-29(27)35)26-19-24-12-7-11-23(16-15-22-9-6-10-22)28(24)31(38)36(26)25-13-4-3-5-14-25/h3-5,7-8,11-14,17-20,22H,6,9-10H2,1-2H3,(H,33,37). The van der Waals surface area contributed by atoms with Crippen molar-refractivity contribution in [3.8, 4) is 17.5 Å². The van der Waals surface area contributed by atoms with E-state index in [1.165, 1.54) is 6.42 Å². The highest BCUT2D eigenvalue weighted by Crippen LogP contribution is 2.27. The molecule has 1 unspecified atom stereocenters. The molecule has 0 spiro atoms. The number of amides is 1. The predicted octanol–water partition coefficient (Wildman–Crippen LogP) is 4.98. The summed E-state index contributed by atoms with van der Waals surface area (Å²) in [5, 5.41) is 8.88. The summed E-state index contributed by atoms with van der Waals surface area (Å²) in [7, 11) is 0. The number of hydrogen-bond acceptors (Lipinski definition) is 4. The van der Waals surface area contributed by atoms with Crippen molar-refractivity contribution in [2.75, 3.05) is 0 Å². The first kappa shape index (κ1) is 23.7. The second-order valence-electron chi connectivity index (χ2n) is 9.76. The zero-order chi connectivity index (χ0) is 26.2. The SMILES string of the molecule is Cc1nn2cccnc2c1C(=O)NC(C)c1cc2cccc(C#CC3CCC3)c2c(=O)n1-c1ccccc1. The Kier molecular flexibility index (Phi) is 6.01. The molecule has 2 aromatic carbocycles. The molecule has 7 heteroatoms. The largest absolute Gasteiger partial charge is 0.344 e. The second kappa shape index (κ2) is 9.64. The van der Waals surface area contributed by atoms with Crippen LogP contribution in [0, 0.1) is 24.7 Å². The minimum Gasteiger partial charge on any atom is -0.344 e. The fourth-order valence-electron chi connectivity index (χ4n) is 4.99. The van der Waals surface area contributed by atoms with E-state index in [0.717, 1.165) is 29.5 Å². The Bertz CT molecular complexity index is 1800. The van der Waals surface area contributed by atoms with Crippen LogP contribution in [0.4, 0.5) is 0 Å². The van der Waals surface area contributed by atoms with Crippen LogP contribution < -0.4 is 10.9 Å². The molecule has 6 rings (SSSR count). The van der Waals surface area contributed by atoms with Crippen molar-refractivity contribution >= 4 is 22.3 Å². The summed E-state index contributed by atoms with van der Waals surface area (Å²) in [6, 6.07) is 18.5. The number of aryl methyl sites for hydroxylation is 1. The third-order valence-electron chi connectivity index (χ3n) is 7.19. The lowest BCUT2D eigenvalue weighted by Gasteiger charge is -2.21. The van der Waals surface area contributed by atoms with Gasteiger partial charge in [-0.05, 0) is 62.4 Å². The lowest BCUT2D eigenvalue weighted by molar-refractivity contribution is 0.0939. The quantitative estimate of drug-likeness (QED) is 0.352. The highest BCUT2D eigenvalue weighted by molar-refractivity contribution is 6.01. The number of nitrogens with zero attached hydrogens (tertiary/aromatic N) is 4. The minimum atomic E-state index is -0.484. The van der Waals surface area contributed by atoms with Gasteiger partial charge < -0.3 is 5.32 Å². The van der Waals surface area contributed by atoms with Gasteiger partial charge in [-0.3, -0.25) is 14.2 Å². The van der Waals surface area contributed by atoms with Gasteiger partial charge in [-0.1, -0.05) is 48.6 Å². The van der Waals surface area contributed by atoms with Crippen molar-refractivity contribution in [2.24, 2.45) is 5.92 Å². The average molecular weight is 502 g/mol. The highest BCUT2D eigenvalue weighted by Gasteiger charge is 2.23. The van der Waals surface area contributed by atoms with Gasteiger partial charge in [-0.15, -0.1) is 0 Å². The first-order valence-electron chi connectivity index (χ1n) is 12.9. The van der Waals surface area contributed by atoms with Crippen molar-refractivity contribution in [1.29, 1.82) is 0 Å². The molecular formula is C31H27N5O2. The third-order valence-corrected chi connectivity index (χ3v) is 7.19. The van der Waals surface area contributed by atoms with E-state index >= 15 is 0 Å². The van der Waals surface area contributed by atoms with Crippen LogP contribution in [0.1, 0.15) is 59.5 Å². The van der Waals surface area contributed by atoms with E-state index in [4.69, 9.17) is 0 Å². The molecule has 0 aliphatic heterocycles.